The van der Waals surface area contributed by atoms with Gasteiger partial charge in [0.1, 0.15) is 11.8 Å². The first-order chi connectivity index (χ1) is 12.8. The van der Waals surface area contributed by atoms with Crippen molar-refractivity contribution >= 4 is 21.6 Å². The largest absolute Gasteiger partial charge is 0.474 e. The van der Waals surface area contributed by atoms with Crippen molar-refractivity contribution in [1.82, 2.24) is 19.7 Å². The minimum atomic E-state index is -3.32. The fraction of sp³-hybridized carbons (Fsp3) is 0.471. The molecule has 1 amide bonds. The van der Waals surface area contributed by atoms with Crippen molar-refractivity contribution < 1.29 is 17.9 Å². The highest BCUT2D eigenvalue weighted by atomic mass is 32.2. The van der Waals surface area contributed by atoms with Crippen LogP contribution >= 0.6 is 0 Å². The smallest absolute Gasteiger partial charge is 0.272 e. The Morgan fingerprint density at radius 2 is 1.96 bits per heavy atom. The SMILES string of the molecule is CN(c1ccc(OC2CCN(C(=O)c3ccnn3C)CC2)nc1)S(C)(=O)=O. The maximum Gasteiger partial charge on any atom is 0.272 e. The van der Waals surface area contributed by atoms with E-state index in [9.17, 15) is 13.2 Å². The first kappa shape index (κ1) is 19.2. The molecular formula is C17H23N5O4S. The fourth-order valence-electron chi connectivity index (χ4n) is 2.91. The number of hydrogen-bond acceptors (Lipinski definition) is 6. The normalized spacial score (nSPS) is 15.6. The van der Waals surface area contributed by atoms with Gasteiger partial charge in [0.2, 0.25) is 15.9 Å². The summed E-state index contributed by atoms with van der Waals surface area (Å²) in [5.41, 5.74) is 1.04. The van der Waals surface area contributed by atoms with E-state index in [1.54, 1.807) is 41.0 Å². The molecule has 1 fully saturated rings. The molecule has 0 spiro atoms. The van der Waals surface area contributed by atoms with Crippen molar-refractivity contribution in [3.05, 3.63) is 36.3 Å². The third-order valence-electron chi connectivity index (χ3n) is 4.64. The van der Waals surface area contributed by atoms with Gasteiger partial charge >= 0.3 is 0 Å². The quantitative estimate of drug-likeness (QED) is 0.748. The van der Waals surface area contributed by atoms with E-state index in [0.29, 0.717) is 43.2 Å². The first-order valence-corrected chi connectivity index (χ1v) is 10.4. The Kier molecular flexibility index (Phi) is 5.36. The molecule has 0 unspecified atom stereocenters. The first-order valence-electron chi connectivity index (χ1n) is 8.59. The Hall–Kier alpha value is -2.62. The number of sulfonamides is 1. The zero-order chi connectivity index (χ0) is 19.6. The van der Waals surface area contributed by atoms with Gasteiger partial charge < -0.3 is 9.64 Å². The van der Waals surface area contributed by atoms with Gasteiger partial charge in [-0.2, -0.15) is 5.10 Å². The van der Waals surface area contributed by atoms with Crippen LogP contribution in [0.15, 0.2) is 30.6 Å². The number of amides is 1. The summed E-state index contributed by atoms with van der Waals surface area (Å²) in [5.74, 6) is 0.414. The molecule has 146 valence electrons. The van der Waals surface area contributed by atoms with E-state index < -0.39 is 10.0 Å². The number of ether oxygens (including phenoxy) is 1. The van der Waals surface area contributed by atoms with Crippen LogP contribution in [0.25, 0.3) is 0 Å². The number of likely N-dealkylation sites (tertiary alicyclic amines) is 1. The molecule has 0 radical (unpaired) electrons. The second-order valence-electron chi connectivity index (χ2n) is 6.53. The van der Waals surface area contributed by atoms with Gasteiger partial charge in [0, 0.05) is 52.3 Å². The maximum absolute atomic E-state index is 12.5. The topological polar surface area (TPSA) is 97.6 Å². The predicted octanol–water partition coefficient (Wildman–Crippen LogP) is 0.895. The summed E-state index contributed by atoms with van der Waals surface area (Å²) in [6, 6.07) is 5.03. The molecule has 0 atom stereocenters. The van der Waals surface area contributed by atoms with Crippen LogP contribution in [0.4, 0.5) is 5.69 Å². The number of carbonyl (C=O) groups excluding carboxylic acids is 1. The van der Waals surface area contributed by atoms with Gasteiger partial charge in [-0.1, -0.05) is 0 Å². The molecule has 3 rings (SSSR count). The summed E-state index contributed by atoms with van der Waals surface area (Å²) in [6.45, 7) is 1.20. The van der Waals surface area contributed by atoms with E-state index in [1.807, 2.05) is 0 Å². The molecule has 3 heterocycles. The summed E-state index contributed by atoms with van der Waals surface area (Å²) >= 11 is 0. The Balaban J connectivity index is 1.55. The van der Waals surface area contributed by atoms with Crippen molar-refractivity contribution in [3.8, 4) is 5.88 Å². The maximum atomic E-state index is 12.5. The molecule has 0 N–H and O–H groups in total. The van der Waals surface area contributed by atoms with Gasteiger partial charge in [0.05, 0.1) is 18.1 Å². The molecule has 1 aliphatic heterocycles. The van der Waals surface area contributed by atoms with Crippen molar-refractivity contribution in [1.29, 1.82) is 0 Å². The number of nitrogens with zero attached hydrogens (tertiary/aromatic N) is 5. The van der Waals surface area contributed by atoms with Crippen LogP contribution in [0.1, 0.15) is 23.3 Å². The lowest BCUT2D eigenvalue weighted by Gasteiger charge is -2.31. The molecule has 2 aromatic rings. The second kappa shape index (κ2) is 7.55. The highest BCUT2D eigenvalue weighted by molar-refractivity contribution is 7.92. The molecule has 27 heavy (non-hydrogen) atoms. The standard InChI is InChI=1S/C17H23N5O4S/c1-20-15(6-9-19-20)17(23)22-10-7-14(8-11-22)26-16-5-4-13(12-18-16)21(2)27(3,24)25/h4-6,9,12,14H,7-8,10-11H2,1-3H3. The van der Waals surface area contributed by atoms with Crippen LogP contribution in [0.5, 0.6) is 5.88 Å². The lowest BCUT2D eigenvalue weighted by molar-refractivity contribution is 0.0578. The van der Waals surface area contributed by atoms with Crippen LogP contribution in [0.3, 0.4) is 0 Å². The Morgan fingerprint density at radius 3 is 2.48 bits per heavy atom. The summed E-state index contributed by atoms with van der Waals surface area (Å²) in [6.07, 6.45) is 5.59. The highest BCUT2D eigenvalue weighted by Crippen LogP contribution is 2.21. The molecule has 0 saturated carbocycles. The summed E-state index contributed by atoms with van der Waals surface area (Å²) in [5, 5.41) is 4.03. The zero-order valence-corrected chi connectivity index (χ0v) is 16.4. The van der Waals surface area contributed by atoms with E-state index in [0.717, 1.165) is 10.6 Å². The van der Waals surface area contributed by atoms with E-state index in [2.05, 4.69) is 10.1 Å². The second-order valence-corrected chi connectivity index (χ2v) is 8.55. The fourth-order valence-corrected chi connectivity index (χ4v) is 3.40. The minimum absolute atomic E-state index is 0.0280. The molecule has 10 heteroatoms. The average Bonchev–Trinajstić information content (AvgIpc) is 3.07. The predicted molar refractivity (Wildman–Crippen MR) is 100 cm³/mol. The number of pyridine rings is 1. The van der Waals surface area contributed by atoms with Gasteiger partial charge in [0.25, 0.3) is 5.91 Å². The number of carbonyl (C=O) groups is 1. The number of anilines is 1. The van der Waals surface area contributed by atoms with Gasteiger partial charge in [-0.15, -0.1) is 0 Å². The number of hydrogen-bond donors (Lipinski definition) is 0. The van der Waals surface area contributed by atoms with Crippen LogP contribution < -0.4 is 9.04 Å². The molecular weight excluding hydrogens is 370 g/mol. The highest BCUT2D eigenvalue weighted by Gasteiger charge is 2.26. The molecule has 9 nitrogen and oxygen atoms in total. The van der Waals surface area contributed by atoms with E-state index in [-0.39, 0.29) is 12.0 Å². The van der Waals surface area contributed by atoms with Gasteiger partial charge in [-0.05, 0) is 12.1 Å². The van der Waals surface area contributed by atoms with Crippen LogP contribution in [0.2, 0.25) is 0 Å². The van der Waals surface area contributed by atoms with E-state index in [4.69, 9.17) is 4.74 Å². The lowest BCUT2D eigenvalue weighted by atomic mass is 10.1. The van der Waals surface area contributed by atoms with Gasteiger partial charge in [0.15, 0.2) is 0 Å². The van der Waals surface area contributed by atoms with Gasteiger partial charge in [-0.25, -0.2) is 13.4 Å². The average molecular weight is 393 g/mol. The third-order valence-corrected chi connectivity index (χ3v) is 5.84. The number of rotatable bonds is 5. The third kappa shape index (κ3) is 4.38. The molecule has 2 aromatic heterocycles. The van der Waals surface area contributed by atoms with Crippen LogP contribution in [-0.4, -0.2) is 66.5 Å². The van der Waals surface area contributed by atoms with E-state index in [1.165, 1.54) is 13.2 Å². The molecule has 1 aliphatic rings. The van der Waals surface area contributed by atoms with E-state index >= 15 is 0 Å². The number of aromatic nitrogens is 3. The summed E-state index contributed by atoms with van der Waals surface area (Å²) in [4.78, 5) is 18.5. The number of piperidine rings is 1. The van der Waals surface area contributed by atoms with Crippen molar-refractivity contribution in [2.24, 2.45) is 7.05 Å². The zero-order valence-electron chi connectivity index (χ0n) is 15.6. The number of aryl methyl sites for hydroxylation is 1. The monoisotopic (exact) mass is 393 g/mol. The van der Waals surface area contributed by atoms with Crippen molar-refractivity contribution in [2.45, 2.75) is 18.9 Å². The van der Waals surface area contributed by atoms with Crippen molar-refractivity contribution in [2.75, 3.05) is 30.7 Å². The molecule has 0 aromatic carbocycles. The van der Waals surface area contributed by atoms with Crippen LogP contribution in [-0.2, 0) is 17.1 Å². The molecule has 0 bridgehead atoms. The molecule has 1 saturated heterocycles. The van der Waals surface area contributed by atoms with Crippen LogP contribution in [0, 0.1) is 0 Å². The minimum Gasteiger partial charge on any atom is -0.474 e. The lowest BCUT2D eigenvalue weighted by Crippen LogP contribution is -2.42. The van der Waals surface area contributed by atoms with Crippen molar-refractivity contribution in [3.63, 3.8) is 0 Å². The van der Waals surface area contributed by atoms with Gasteiger partial charge in [-0.3, -0.25) is 13.8 Å². The Bertz CT molecular complexity index is 902. The molecule has 0 aliphatic carbocycles. The Labute approximate surface area is 158 Å². The summed E-state index contributed by atoms with van der Waals surface area (Å²) in [7, 11) is -0.0994. The Morgan fingerprint density at radius 1 is 1.26 bits per heavy atom. The summed E-state index contributed by atoms with van der Waals surface area (Å²) < 4.78 is 31.7.